The highest BCUT2D eigenvalue weighted by molar-refractivity contribution is 6.18. The predicted molar refractivity (Wildman–Crippen MR) is 123 cm³/mol. The van der Waals surface area contributed by atoms with Crippen LogP contribution in [0.1, 0.15) is 48.4 Å². The Balaban J connectivity index is 1.93. The van der Waals surface area contributed by atoms with Gasteiger partial charge in [-0.1, -0.05) is 19.1 Å². The average molecular weight is 455 g/mol. The molecule has 0 bridgehead atoms. The molecule has 8 heteroatoms. The van der Waals surface area contributed by atoms with Gasteiger partial charge in [0.2, 0.25) is 0 Å². The number of fused-ring (bicyclic) bond motifs is 2. The van der Waals surface area contributed by atoms with E-state index >= 15 is 0 Å². The van der Waals surface area contributed by atoms with E-state index in [1.165, 1.54) is 0 Å². The molecule has 0 radical (unpaired) electrons. The lowest BCUT2D eigenvalue weighted by Gasteiger charge is -2.36. The number of aliphatic hydroxyl groups excluding tert-OH is 2. The summed E-state index contributed by atoms with van der Waals surface area (Å²) in [6.45, 7) is 6.61. The first-order valence-electron chi connectivity index (χ1n) is 11.1. The number of aryl methyl sites for hydroxylation is 1. The molecular weight excluding hydrogens is 424 g/mol. The van der Waals surface area contributed by atoms with Crippen LogP contribution in [0.3, 0.4) is 0 Å². The maximum Gasteiger partial charge on any atom is 0.255 e. The fraction of sp³-hybridized carbons (Fsp3) is 0.400. The molecule has 1 aromatic carbocycles. The number of allylic oxidation sites excluding steroid dienone is 1. The molecule has 1 amide bonds. The molecule has 2 aliphatic rings. The van der Waals surface area contributed by atoms with Gasteiger partial charge in [-0.2, -0.15) is 0 Å². The number of rotatable bonds is 9. The van der Waals surface area contributed by atoms with Gasteiger partial charge >= 0.3 is 0 Å². The zero-order valence-corrected chi connectivity index (χ0v) is 18.7. The van der Waals surface area contributed by atoms with Crippen molar-refractivity contribution >= 4 is 23.2 Å². The second-order valence-electron chi connectivity index (χ2n) is 8.60. The van der Waals surface area contributed by atoms with Crippen molar-refractivity contribution in [3.8, 4) is 5.75 Å². The summed E-state index contributed by atoms with van der Waals surface area (Å²) in [5.41, 5.74) is 7.66. The van der Waals surface area contributed by atoms with E-state index in [-0.39, 0.29) is 47.5 Å². The number of carbonyl (C=O) groups excluding carboxylic acids is 3. The van der Waals surface area contributed by atoms with Crippen LogP contribution in [0.5, 0.6) is 5.75 Å². The molecule has 2 atom stereocenters. The number of phenolic OH excluding ortho intramolecular Hbond substituents is 1. The van der Waals surface area contributed by atoms with Crippen molar-refractivity contribution in [1.82, 2.24) is 5.32 Å². The van der Waals surface area contributed by atoms with E-state index in [9.17, 15) is 24.6 Å². The van der Waals surface area contributed by atoms with E-state index in [1.54, 1.807) is 6.08 Å². The summed E-state index contributed by atoms with van der Waals surface area (Å²) in [5.74, 6) is -2.79. The van der Waals surface area contributed by atoms with Crippen molar-refractivity contribution < 1.29 is 29.7 Å². The number of carbonyl (C=O) groups is 3. The van der Waals surface area contributed by atoms with Crippen LogP contribution < -0.4 is 11.1 Å². The third kappa shape index (κ3) is 4.71. The third-order valence-electron chi connectivity index (χ3n) is 6.48. The molecule has 0 spiro atoms. The number of phenols is 1. The monoisotopic (exact) mass is 454 g/mol. The predicted octanol–water partition coefficient (Wildman–Crippen LogP) is 2.54. The molecule has 33 heavy (non-hydrogen) atoms. The van der Waals surface area contributed by atoms with Crippen molar-refractivity contribution in [3.63, 3.8) is 0 Å². The van der Waals surface area contributed by atoms with E-state index in [4.69, 9.17) is 10.8 Å². The number of Topliss-reactive ketones (excluding diaryl/α,β-unsaturated/α-hetero) is 2. The van der Waals surface area contributed by atoms with Gasteiger partial charge in [-0.15, -0.1) is 6.58 Å². The van der Waals surface area contributed by atoms with Crippen LogP contribution >= 0.6 is 0 Å². The van der Waals surface area contributed by atoms with Crippen molar-refractivity contribution in [3.05, 3.63) is 58.4 Å². The van der Waals surface area contributed by atoms with Crippen molar-refractivity contribution in [2.45, 2.75) is 45.6 Å². The molecule has 1 saturated carbocycles. The standard InChI is InChI=1S/C25H30N2O6/c1-3-5-27-11-16-9-14(4-2)17-10-15-6-13(7-19(29)18(12-28)25(26)33)8-20(30)21(15)24(32)22(17)23(16)31/h3,9,12-13,15,27-28,31-32H,1,4-8,10-11H2,2H3,(H2,26,33). The maximum atomic E-state index is 13.0. The molecule has 2 aliphatic carbocycles. The summed E-state index contributed by atoms with van der Waals surface area (Å²) < 4.78 is 0. The summed E-state index contributed by atoms with van der Waals surface area (Å²) in [5, 5.41) is 34.3. The number of primary amides is 1. The highest BCUT2D eigenvalue weighted by Gasteiger charge is 2.40. The Labute approximate surface area is 192 Å². The molecule has 1 fully saturated rings. The van der Waals surface area contributed by atoms with Crippen molar-refractivity contribution in [1.29, 1.82) is 0 Å². The lowest BCUT2D eigenvalue weighted by atomic mass is 9.68. The van der Waals surface area contributed by atoms with Crippen LogP contribution in [0, 0.1) is 11.8 Å². The topological polar surface area (TPSA) is 150 Å². The second kappa shape index (κ2) is 10.0. The zero-order valence-electron chi connectivity index (χ0n) is 18.7. The van der Waals surface area contributed by atoms with Gasteiger partial charge in [0.25, 0.3) is 5.91 Å². The summed E-state index contributed by atoms with van der Waals surface area (Å²) >= 11 is 0. The zero-order chi connectivity index (χ0) is 24.3. The fourth-order valence-corrected chi connectivity index (χ4v) is 4.97. The Kier molecular flexibility index (Phi) is 7.38. The maximum absolute atomic E-state index is 13.0. The first kappa shape index (κ1) is 24.3. The van der Waals surface area contributed by atoms with Crippen molar-refractivity contribution in [2.75, 3.05) is 6.54 Å². The third-order valence-corrected chi connectivity index (χ3v) is 6.48. The normalized spacial score (nSPS) is 20.3. The van der Waals surface area contributed by atoms with Gasteiger partial charge in [0, 0.05) is 37.1 Å². The minimum absolute atomic E-state index is 0.0242. The molecule has 176 valence electrons. The molecule has 3 rings (SSSR count). The van der Waals surface area contributed by atoms with Crippen LogP contribution in [-0.2, 0) is 33.8 Å². The van der Waals surface area contributed by atoms with Gasteiger partial charge < -0.3 is 26.4 Å². The Hall–Kier alpha value is -3.39. The van der Waals surface area contributed by atoms with Crippen LogP contribution in [0.25, 0.3) is 5.76 Å². The van der Waals surface area contributed by atoms with Crippen LogP contribution in [0.4, 0.5) is 0 Å². The molecule has 0 saturated heterocycles. The molecule has 8 nitrogen and oxygen atoms in total. The quantitative estimate of drug-likeness (QED) is 0.0961. The Morgan fingerprint density at radius 3 is 2.61 bits per heavy atom. The summed E-state index contributed by atoms with van der Waals surface area (Å²) in [6.07, 6.45) is 3.65. The van der Waals surface area contributed by atoms with Crippen molar-refractivity contribution in [2.24, 2.45) is 17.6 Å². The van der Waals surface area contributed by atoms with Gasteiger partial charge in [-0.3, -0.25) is 14.4 Å². The highest BCUT2D eigenvalue weighted by atomic mass is 16.3. The van der Waals surface area contributed by atoms with Gasteiger partial charge in [0.05, 0.1) is 11.8 Å². The Morgan fingerprint density at radius 1 is 1.27 bits per heavy atom. The second-order valence-corrected chi connectivity index (χ2v) is 8.60. The summed E-state index contributed by atoms with van der Waals surface area (Å²) in [6, 6.07) is 1.92. The number of aromatic hydroxyl groups is 1. The minimum Gasteiger partial charge on any atom is -0.515 e. The molecule has 1 aromatic rings. The van der Waals surface area contributed by atoms with Crippen LogP contribution in [0.2, 0.25) is 0 Å². The van der Waals surface area contributed by atoms with Crippen LogP contribution in [0.15, 0.2) is 36.1 Å². The molecule has 2 unspecified atom stereocenters. The summed E-state index contributed by atoms with van der Waals surface area (Å²) in [4.78, 5) is 36.7. The molecule has 0 aliphatic heterocycles. The van der Waals surface area contributed by atoms with E-state index in [0.29, 0.717) is 49.7 Å². The highest BCUT2D eigenvalue weighted by Crippen LogP contribution is 2.47. The summed E-state index contributed by atoms with van der Waals surface area (Å²) in [7, 11) is 0. The molecule has 6 N–H and O–H groups in total. The average Bonchev–Trinajstić information content (AvgIpc) is 2.75. The first-order chi connectivity index (χ1) is 15.7. The number of aliphatic hydroxyl groups is 2. The first-order valence-corrected chi connectivity index (χ1v) is 11.1. The lowest BCUT2D eigenvalue weighted by Crippen LogP contribution is -2.33. The molecular formula is C25H30N2O6. The van der Waals surface area contributed by atoms with E-state index in [1.807, 2.05) is 13.0 Å². The number of benzene rings is 1. The van der Waals surface area contributed by atoms with Gasteiger partial charge in [0.1, 0.15) is 17.1 Å². The van der Waals surface area contributed by atoms with E-state index in [0.717, 1.165) is 11.1 Å². The number of nitrogens with two attached hydrogens (primary N) is 1. The largest absolute Gasteiger partial charge is 0.515 e. The SMILES string of the molecule is C=CCNCc1cc(CC)c2c(c1O)C(O)=C1C(=O)CC(CC(=O)C(=CO)C(N)=O)CC1C2. The van der Waals surface area contributed by atoms with Gasteiger partial charge in [-0.05, 0) is 42.2 Å². The fourth-order valence-electron chi connectivity index (χ4n) is 4.97. The number of ketones is 2. The lowest BCUT2D eigenvalue weighted by molar-refractivity contribution is -0.122. The molecule has 0 heterocycles. The smallest absolute Gasteiger partial charge is 0.255 e. The van der Waals surface area contributed by atoms with Gasteiger partial charge in [-0.25, -0.2) is 0 Å². The number of amides is 1. The molecule has 0 aromatic heterocycles. The number of hydrogen-bond acceptors (Lipinski definition) is 7. The van der Waals surface area contributed by atoms with Gasteiger partial charge in [0.15, 0.2) is 11.6 Å². The Morgan fingerprint density at radius 2 is 2.00 bits per heavy atom. The Bertz CT molecular complexity index is 1070. The number of hydrogen-bond donors (Lipinski definition) is 5. The van der Waals surface area contributed by atoms with E-state index in [2.05, 4.69) is 11.9 Å². The van der Waals surface area contributed by atoms with Crippen LogP contribution in [-0.4, -0.2) is 39.3 Å². The van der Waals surface area contributed by atoms with E-state index < -0.39 is 17.3 Å². The number of nitrogens with one attached hydrogen (secondary N) is 1. The minimum atomic E-state index is -1.02.